The van der Waals surface area contributed by atoms with Gasteiger partial charge in [0.1, 0.15) is 5.82 Å². The van der Waals surface area contributed by atoms with Gasteiger partial charge in [-0.1, -0.05) is 0 Å². The average Bonchev–Trinajstić information content (AvgIpc) is 2.12. The van der Waals surface area contributed by atoms with Crippen LogP contribution in [-0.4, -0.2) is 12.4 Å². The zero-order valence-electron chi connectivity index (χ0n) is 6.92. The minimum atomic E-state index is -0.427. The first kappa shape index (κ1) is 11.1. The van der Waals surface area contributed by atoms with Gasteiger partial charge >= 0.3 is 0 Å². The molecule has 0 atom stereocenters. The second-order valence-corrected chi connectivity index (χ2v) is 2.11. The van der Waals surface area contributed by atoms with Crippen molar-refractivity contribution in [2.75, 3.05) is 11.5 Å². The summed E-state index contributed by atoms with van der Waals surface area (Å²) in [4.78, 5) is 0. The van der Waals surface area contributed by atoms with Gasteiger partial charge in [-0.2, -0.15) is 0 Å². The molecule has 0 bridgehead atoms. The molecule has 70 valence electrons. The van der Waals surface area contributed by atoms with Crippen LogP contribution in [0.3, 0.4) is 0 Å². The van der Waals surface area contributed by atoms with E-state index in [1.807, 2.05) is 0 Å². The van der Waals surface area contributed by atoms with E-state index in [4.69, 9.17) is 22.3 Å². The number of nitrogens with one attached hydrogen (secondary N) is 2. The largest absolute Gasteiger partial charge is 0.399 e. The molecule has 0 aromatic heterocycles. The Morgan fingerprint density at radius 1 is 1.15 bits per heavy atom. The van der Waals surface area contributed by atoms with Crippen LogP contribution < -0.4 is 11.5 Å². The van der Waals surface area contributed by atoms with E-state index in [2.05, 4.69) is 0 Å². The molecule has 0 saturated carbocycles. The summed E-state index contributed by atoms with van der Waals surface area (Å²) in [7, 11) is 0. The highest BCUT2D eigenvalue weighted by Gasteiger charge is 1.94. The summed E-state index contributed by atoms with van der Waals surface area (Å²) in [5, 5.41) is 12.2. The number of nitrogens with two attached hydrogens (primary N) is 2. The molecule has 0 fully saturated rings. The number of nitrogen functional groups attached to an aromatic ring is 2. The summed E-state index contributed by atoms with van der Waals surface area (Å²) in [6.45, 7) is 0. The molecule has 0 aliphatic heterocycles. The van der Waals surface area contributed by atoms with E-state index in [9.17, 15) is 4.39 Å². The topological polar surface area (TPSA) is 99.7 Å². The van der Waals surface area contributed by atoms with Gasteiger partial charge in [-0.15, -0.1) is 0 Å². The second-order valence-electron chi connectivity index (χ2n) is 2.11. The molecule has 13 heavy (non-hydrogen) atoms. The minimum absolute atomic E-state index is 0.0926. The lowest BCUT2D eigenvalue weighted by molar-refractivity contribution is 0.633. The number of halogens is 1. The van der Waals surface area contributed by atoms with Gasteiger partial charge in [0.25, 0.3) is 0 Å². The minimum Gasteiger partial charge on any atom is -0.399 e. The first-order valence-corrected chi connectivity index (χ1v) is 3.42. The number of anilines is 2. The van der Waals surface area contributed by atoms with Crippen LogP contribution in [0.1, 0.15) is 0 Å². The quantitative estimate of drug-likeness (QED) is 0.388. The van der Waals surface area contributed by atoms with Crippen LogP contribution in [0.25, 0.3) is 0 Å². The summed E-state index contributed by atoms with van der Waals surface area (Å²) < 4.78 is 12.3. The Labute approximate surface area is 75.4 Å². The fourth-order valence-corrected chi connectivity index (χ4v) is 0.562. The van der Waals surface area contributed by atoms with Gasteiger partial charge in [-0.25, -0.2) is 4.39 Å². The van der Waals surface area contributed by atoms with Gasteiger partial charge in [-0.3, -0.25) is 0 Å². The van der Waals surface area contributed by atoms with Crippen LogP contribution in [0.15, 0.2) is 18.2 Å². The normalized spacial score (nSPS) is 8.08. The zero-order valence-corrected chi connectivity index (χ0v) is 6.92. The summed E-state index contributed by atoms with van der Waals surface area (Å²) in [5.41, 5.74) is 11.0. The Morgan fingerprint density at radius 3 is 2.00 bits per heavy atom. The fraction of sp³-hybridized carbons (Fsp3) is 0. The van der Waals surface area contributed by atoms with Gasteiger partial charge in [0.05, 0.1) is 5.69 Å². The van der Waals surface area contributed by atoms with Crippen LogP contribution in [0, 0.1) is 16.6 Å². The maximum atomic E-state index is 12.3. The van der Waals surface area contributed by atoms with E-state index in [0.717, 1.165) is 12.4 Å². The summed E-state index contributed by atoms with van der Waals surface area (Å²) >= 11 is 0. The number of rotatable bonds is 1. The third-order valence-electron chi connectivity index (χ3n) is 1.10. The van der Waals surface area contributed by atoms with Gasteiger partial charge in [0.2, 0.25) is 0 Å². The molecule has 1 aromatic rings. The molecule has 6 N–H and O–H groups in total. The van der Waals surface area contributed by atoms with Crippen molar-refractivity contribution in [3.63, 3.8) is 0 Å². The summed E-state index contributed by atoms with van der Waals surface area (Å²) in [6.07, 6.45) is 1.83. The van der Waals surface area contributed by atoms with Crippen molar-refractivity contribution in [2.24, 2.45) is 0 Å². The van der Waals surface area contributed by atoms with Crippen LogP contribution in [0.4, 0.5) is 15.8 Å². The Bertz CT molecular complexity index is 292. The van der Waals surface area contributed by atoms with E-state index < -0.39 is 5.82 Å². The van der Waals surface area contributed by atoms with Gasteiger partial charge in [0.15, 0.2) is 0 Å². The molecular formula is C8H11FN4. The highest BCUT2D eigenvalue weighted by molar-refractivity contribution is 6.12. The lowest BCUT2D eigenvalue weighted by atomic mass is 10.3. The first-order chi connectivity index (χ1) is 6.11. The van der Waals surface area contributed by atoms with Crippen molar-refractivity contribution < 1.29 is 4.39 Å². The highest BCUT2D eigenvalue weighted by atomic mass is 19.1. The molecule has 0 spiro atoms. The molecule has 0 aliphatic carbocycles. The van der Waals surface area contributed by atoms with E-state index in [0.29, 0.717) is 5.69 Å². The molecule has 5 heteroatoms. The predicted octanol–water partition coefficient (Wildman–Crippen LogP) is 1.28. The van der Waals surface area contributed by atoms with Crippen molar-refractivity contribution in [2.45, 2.75) is 0 Å². The maximum absolute atomic E-state index is 12.3. The predicted molar refractivity (Wildman–Crippen MR) is 52.8 cm³/mol. The molecule has 1 rings (SSSR count). The van der Waals surface area contributed by atoms with Crippen LogP contribution in [0.2, 0.25) is 0 Å². The molecular weight excluding hydrogens is 171 g/mol. The zero-order chi connectivity index (χ0) is 10.3. The number of hydrogen-bond acceptors (Lipinski definition) is 4. The smallest absolute Gasteiger partial charge is 0.146 e. The second kappa shape index (κ2) is 5.70. The number of benzene rings is 1. The maximum Gasteiger partial charge on any atom is 0.146 e. The molecule has 4 nitrogen and oxygen atoms in total. The van der Waals surface area contributed by atoms with E-state index in [1.54, 1.807) is 0 Å². The molecule has 0 heterocycles. The third kappa shape index (κ3) is 4.52. The monoisotopic (exact) mass is 182 g/mol. The highest BCUT2D eigenvalue weighted by Crippen LogP contribution is 2.12. The van der Waals surface area contributed by atoms with E-state index in [-0.39, 0.29) is 5.69 Å². The SMILES string of the molecule is N=CC=N.Nc1ccc(F)c(N)c1. The standard InChI is InChI=1S/C6H7FN2.C2H4N2/c7-5-2-1-4(8)3-6(5)9;3-1-2-4/h1-3H,8-9H2;1-4H. The van der Waals surface area contributed by atoms with Crippen LogP contribution >= 0.6 is 0 Å². The lowest BCUT2D eigenvalue weighted by Gasteiger charge is -1.95. The molecule has 0 aliphatic rings. The fourth-order valence-electron chi connectivity index (χ4n) is 0.562. The average molecular weight is 182 g/mol. The molecule has 0 saturated heterocycles. The molecule has 1 aromatic carbocycles. The van der Waals surface area contributed by atoms with Gasteiger partial charge < -0.3 is 22.3 Å². The molecule has 0 radical (unpaired) electrons. The van der Waals surface area contributed by atoms with Gasteiger partial charge in [0, 0.05) is 18.1 Å². The van der Waals surface area contributed by atoms with E-state index >= 15 is 0 Å². The molecule has 0 unspecified atom stereocenters. The Morgan fingerprint density at radius 2 is 1.69 bits per heavy atom. The summed E-state index contributed by atoms with van der Waals surface area (Å²) in [5.74, 6) is -0.427. The first-order valence-electron chi connectivity index (χ1n) is 3.42. The Hall–Kier alpha value is -1.91. The Balaban J connectivity index is 0.000000310. The lowest BCUT2D eigenvalue weighted by Crippen LogP contribution is -1.92. The number of hydrogen-bond donors (Lipinski definition) is 4. The van der Waals surface area contributed by atoms with E-state index in [1.165, 1.54) is 18.2 Å². The summed E-state index contributed by atoms with van der Waals surface area (Å²) in [6, 6.07) is 4.09. The Kier molecular flexibility index (Phi) is 4.87. The van der Waals surface area contributed by atoms with Crippen molar-refractivity contribution in [3.8, 4) is 0 Å². The van der Waals surface area contributed by atoms with Gasteiger partial charge in [-0.05, 0) is 18.2 Å². The third-order valence-corrected chi connectivity index (χ3v) is 1.10. The van der Waals surface area contributed by atoms with Crippen molar-refractivity contribution in [1.29, 1.82) is 10.8 Å². The molecule has 0 amide bonds. The van der Waals surface area contributed by atoms with Crippen molar-refractivity contribution >= 4 is 23.8 Å². The van der Waals surface area contributed by atoms with Crippen molar-refractivity contribution in [3.05, 3.63) is 24.0 Å². The van der Waals surface area contributed by atoms with Crippen molar-refractivity contribution in [1.82, 2.24) is 0 Å². The van der Waals surface area contributed by atoms with Crippen LogP contribution in [0.5, 0.6) is 0 Å². The van der Waals surface area contributed by atoms with Crippen LogP contribution in [-0.2, 0) is 0 Å².